The van der Waals surface area contributed by atoms with E-state index in [9.17, 15) is 12.8 Å². The summed E-state index contributed by atoms with van der Waals surface area (Å²) in [6.45, 7) is 4.15. The van der Waals surface area contributed by atoms with Crippen molar-refractivity contribution in [2.45, 2.75) is 39.0 Å². The summed E-state index contributed by atoms with van der Waals surface area (Å²) in [6.07, 6.45) is 4.21. The molecular formula is C21H25FN2O2S. The number of sulfonamides is 1. The summed E-state index contributed by atoms with van der Waals surface area (Å²) >= 11 is 0. The lowest BCUT2D eigenvalue weighted by atomic mass is 9.85. The van der Waals surface area contributed by atoms with Crippen molar-refractivity contribution in [1.82, 2.24) is 4.98 Å². The van der Waals surface area contributed by atoms with Crippen molar-refractivity contribution in [1.29, 1.82) is 0 Å². The molecule has 3 aromatic rings. The Morgan fingerprint density at radius 1 is 1.15 bits per heavy atom. The molecule has 4 nitrogen and oxygen atoms in total. The number of aromatic amines is 1. The normalized spacial score (nSPS) is 13.0. The summed E-state index contributed by atoms with van der Waals surface area (Å²) in [5.41, 5.74) is 4.52. The minimum atomic E-state index is -3.38. The molecule has 144 valence electrons. The summed E-state index contributed by atoms with van der Waals surface area (Å²) in [6, 6.07) is 12.3. The number of halogens is 1. The number of para-hydroxylation sites is 1. The fourth-order valence-electron chi connectivity index (χ4n) is 3.68. The van der Waals surface area contributed by atoms with Gasteiger partial charge in [0, 0.05) is 17.0 Å². The molecule has 0 aliphatic carbocycles. The summed E-state index contributed by atoms with van der Waals surface area (Å²) in [5.74, 6) is -0.129. The van der Waals surface area contributed by atoms with E-state index in [0.29, 0.717) is 5.69 Å². The monoisotopic (exact) mass is 388 g/mol. The van der Waals surface area contributed by atoms with Crippen LogP contribution in [-0.2, 0) is 10.0 Å². The molecule has 2 N–H and O–H groups in total. The summed E-state index contributed by atoms with van der Waals surface area (Å²) in [7, 11) is -3.38. The Bertz CT molecular complexity index is 1040. The lowest BCUT2D eigenvalue weighted by molar-refractivity contribution is 0.607. The van der Waals surface area contributed by atoms with Gasteiger partial charge in [-0.05, 0) is 42.7 Å². The third-order valence-electron chi connectivity index (χ3n) is 4.83. The second kappa shape index (κ2) is 7.72. The predicted octanol–water partition coefficient (Wildman–Crippen LogP) is 5.31. The molecule has 0 spiro atoms. The van der Waals surface area contributed by atoms with Crippen molar-refractivity contribution in [3.05, 3.63) is 65.1 Å². The number of rotatable bonds is 7. The van der Waals surface area contributed by atoms with Gasteiger partial charge in [0.2, 0.25) is 10.0 Å². The Morgan fingerprint density at radius 2 is 1.85 bits per heavy atom. The first-order valence-electron chi connectivity index (χ1n) is 9.14. The average molecular weight is 389 g/mol. The Hall–Kier alpha value is -2.34. The van der Waals surface area contributed by atoms with E-state index < -0.39 is 10.0 Å². The second-order valence-corrected chi connectivity index (χ2v) is 8.76. The van der Waals surface area contributed by atoms with Gasteiger partial charge in [0.05, 0.1) is 17.5 Å². The zero-order valence-corrected chi connectivity index (χ0v) is 16.7. The van der Waals surface area contributed by atoms with E-state index in [-0.39, 0.29) is 11.7 Å². The van der Waals surface area contributed by atoms with Gasteiger partial charge in [0.15, 0.2) is 0 Å². The number of benzene rings is 2. The molecule has 0 amide bonds. The lowest BCUT2D eigenvalue weighted by Gasteiger charge is -2.18. The van der Waals surface area contributed by atoms with Gasteiger partial charge in [-0.3, -0.25) is 4.72 Å². The molecule has 1 atom stereocenters. The van der Waals surface area contributed by atoms with Gasteiger partial charge < -0.3 is 4.98 Å². The van der Waals surface area contributed by atoms with Gasteiger partial charge in [0.1, 0.15) is 5.82 Å². The van der Waals surface area contributed by atoms with Crippen molar-refractivity contribution < 1.29 is 12.8 Å². The Kier molecular flexibility index (Phi) is 5.56. The van der Waals surface area contributed by atoms with Crippen molar-refractivity contribution in [2.24, 2.45) is 0 Å². The number of hydrogen-bond acceptors (Lipinski definition) is 2. The first kappa shape index (κ1) is 19.4. The van der Waals surface area contributed by atoms with Gasteiger partial charge >= 0.3 is 0 Å². The van der Waals surface area contributed by atoms with Crippen LogP contribution in [0.5, 0.6) is 0 Å². The third kappa shape index (κ3) is 4.33. The van der Waals surface area contributed by atoms with Crippen molar-refractivity contribution in [3.63, 3.8) is 0 Å². The standard InChI is InChI=1S/C21H25FN2O2S/c1-4-5-7-17(15-10-12-16(22)13-11-15)20-14(2)23-21-18(20)8-6-9-19(21)24-27(3,25)26/h6,8-13,17,23-24H,4-5,7H2,1-3H3. The Labute approximate surface area is 159 Å². The van der Waals surface area contributed by atoms with E-state index in [4.69, 9.17) is 0 Å². The minimum absolute atomic E-state index is 0.118. The highest BCUT2D eigenvalue weighted by molar-refractivity contribution is 7.92. The first-order valence-corrected chi connectivity index (χ1v) is 11.0. The van der Waals surface area contributed by atoms with Crippen LogP contribution in [-0.4, -0.2) is 19.7 Å². The number of aromatic nitrogens is 1. The number of aryl methyl sites for hydroxylation is 1. The molecule has 0 aliphatic heterocycles. The topological polar surface area (TPSA) is 62.0 Å². The maximum atomic E-state index is 13.4. The Morgan fingerprint density at radius 3 is 2.48 bits per heavy atom. The molecule has 0 saturated heterocycles. The Balaban J connectivity index is 2.15. The molecule has 1 heterocycles. The van der Waals surface area contributed by atoms with Crippen molar-refractivity contribution in [3.8, 4) is 0 Å². The van der Waals surface area contributed by atoms with Crippen LogP contribution in [0.4, 0.5) is 10.1 Å². The fourth-order valence-corrected chi connectivity index (χ4v) is 4.25. The van der Waals surface area contributed by atoms with E-state index in [1.807, 2.05) is 31.2 Å². The fraction of sp³-hybridized carbons (Fsp3) is 0.333. The molecule has 0 radical (unpaired) electrons. The van der Waals surface area contributed by atoms with Crippen LogP contribution in [0, 0.1) is 12.7 Å². The van der Waals surface area contributed by atoms with Gasteiger partial charge in [-0.1, -0.05) is 44.0 Å². The smallest absolute Gasteiger partial charge is 0.229 e. The van der Waals surface area contributed by atoms with Gasteiger partial charge in [-0.25, -0.2) is 12.8 Å². The number of fused-ring (bicyclic) bond motifs is 1. The quantitative estimate of drug-likeness (QED) is 0.576. The lowest BCUT2D eigenvalue weighted by Crippen LogP contribution is -2.09. The summed E-state index contributed by atoms with van der Waals surface area (Å²) in [5, 5.41) is 0.992. The molecule has 0 bridgehead atoms. The zero-order valence-electron chi connectivity index (χ0n) is 15.8. The van der Waals surface area contributed by atoms with Gasteiger partial charge in [-0.15, -0.1) is 0 Å². The molecule has 27 heavy (non-hydrogen) atoms. The largest absolute Gasteiger partial charge is 0.357 e. The van der Waals surface area contributed by atoms with Crippen LogP contribution in [0.25, 0.3) is 10.9 Å². The van der Waals surface area contributed by atoms with Gasteiger partial charge in [-0.2, -0.15) is 0 Å². The molecule has 3 rings (SSSR count). The van der Waals surface area contributed by atoms with E-state index in [0.717, 1.165) is 53.2 Å². The highest BCUT2D eigenvalue weighted by Crippen LogP contribution is 2.39. The van der Waals surface area contributed by atoms with Crippen molar-refractivity contribution >= 4 is 26.6 Å². The molecule has 2 aromatic carbocycles. The van der Waals surface area contributed by atoms with Crippen molar-refractivity contribution in [2.75, 3.05) is 11.0 Å². The van der Waals surface area contributed by atoms with Crippen LogP contribution in [0.1, 0.15) is 48.9 Å². The maximum Gasteiger partial charge on any atom is 0.229 e. The van der Waals surface area contributed by atoms with E-state index in [2.05, 4.69) is 16.6 Å². The number of unbranched alkanes of at least 4 members (excludes halogenated alkanes) is 1. The zero-order chi connectivity index (χ0) is 19.6. The van der Waals surface area contributed by atoms with E-state index in [1.165, 1.54) is 12.1 Å². The van der Waals surface area contributed by atoms with Crippen LogP contribution in [0.15, 0.2) is 42.5 Å². The third-order valence-corrected chi connectivity index (χ3v) is 5.42. The summed E-state index contributed by atoms with van der Waals surface area (Å²) < 4.78 is 39.4. The first-order chi connectivity index (χ1) is 12.8. The number of H-pyrrole nitrogens is 1. The van der Waals surface area contributed by atoms with Gasteiger partial charge in [0.25, 0.3) is 0 Å². The molecular weight excluding hydrogens is 363 g/mol. The predicted molar refractivity (Wildman–Crippen MR) is 109 cm³/mol. The highest BCUT2D eigenvalue weighted by Gasteiger charge is 2.22. The number of nitrogens with one attached hydrogen (secondary N) is 2. The second-order valence-electron chi connectivity index (χ2n) is 7.01. The van der Waals surface area contributed by atoms with E-state index in [1.54, 1.807) is 6.07 Å². The van der Waals surface area contributed by atoms with E-state index >= 15 is 0 Å². The molecule has 0 saturated carbocycles. The highest BCUT2D eigenvalue weighted by atomic mass is 32.2. The van der Waals surface area contributed by atoms with Crippen LogP contribution < -0.4 is 4.72 Å². The summed E-state index contributed by atoms with van der Waals surface area (Å²) in [4.78, 5) is 3.36. The average Bonchev–Trinajstić information content (AvgIpc) is 2.93. The molecule has 1 unspecified atom stereocenters. The molecule has 0 aliphatic rings. The minimum Gasteiger partial charge on any atom is -0.357 e. The maximum absolute atomic E-state index is 13.4. The SMILES string of the molecule is CCCCC(c1ccc(F)cc1)c1c(C)[nH]c2c(NS(C)(=O)=O)cccc12. The van der Waals surface area contributed by atoms with Crippen LogP contribution in [0.2, 0.25) is 0 Å². The molecule has 1 aromatic heterocycles. The molecule has 6 heteroatoms. The van der Waals surface area contributed by atoms with Crippen LogP contribution in [0.3, 0.4) is 0 Å². The number of anilines is 1. The van der Waals surface area contributed by atoms with Crippen LogP contribution >= 0.6 is 0 Å². The number of hydrogen-bond donors (Lipinski definition) is 2. The molecule has 0 fully saturated rings.